The van der Waals surface area contributed by atoms with E-state index in [0.717, 1.165) is 5.45 Å². The molecular weight excluding hydrogens is 183 g/mol. The predicted octanol–water partition coefficient (Wildman–Crippen LogP) is 2.26. The number of hydrogen-bond donors (Lipinski definition) is 1. The molecular formula is C9H17FN2Si. The number of aromatic amines is 1. The Morgan fingerprint density at radius 2 is 1.92 bits per heavy atom. The average Bonchev–Trinajstić information content (AvgIpc) is 2.33. The highest BCUT2D eigenvalue weighted by molar-refractivity contribution is 6.90. The van der Waals surface area contributed by atoms with Crippen LogP contribution in [0.25, 0.3) is 0 Å². The van der Waals surface area contributed by atoms with Crippen molar-refractivity contribution in [1.82, 2.24) is 9.97 Å². The number of hydrogen-bond acceptors (Lipinski definition) is 1. The molecule has 0 aliphatic rings. The summed E-state index contributed by atoms with van der Waals surface area (Å²) >= 11 is 0. The first kappa shape index (κ1) is 10.4. The minimum Gasteiger partial charge on any atom is -0.323 e. The molecule has 0 atom stereocenters. The first-order chi connectivity index (χ1) is 5.75. The summed E-state index contributed by atoms with van der Waals surface area (Å²) in [7, 11) is -1.67. The molecule has 0 aliphatic heterocycles. The van der Waals surface area contributed by atoms with Gasteiger partial charge in [-0.25, -0.2) is 4.98 Å². The summed E-state index contributed by atoms with van der Waals surface area (Å²) in [6, 6.07) is 0. The molecule has 2 nitrogen and oxygen atoms in total. The highest BCUT2D eigenvalue weighted by Crippen LogP contribution is 2.34. The number of halogens is 1. The van der Waals surface area contributed by atoms with Gasteiger partial charge in [-0.2, -0.15) is 4.39 Å². The second-order valence-corrected chi connectivity index (χ2v) is 10.2. The van der Waals surface area contributed by atoms with Crippen molar-refractivity contribution in [3.63, 3.8) is 0 Å². The molecule has 0 bridgehead atoms. The van der Waals surface area contributed by atoms with Gasteiger partial charge in [0.25, 0.3) is 0 Å². The van der Waals surface area contributed by atoms with Crippen LogP contribution in [-0.2, 0) is 0 Å². The van der Waals surface area contributed by atoms with Crippen molar-refractivity contribution >= 4 is 13.5 Å². The van der Waals surface area contributed by atoms with E-state index in [1.807, 2.05) is 0 Å². The zero-order valence-electron chi connectivity index (χ0n) is 8.90. The summed E-state index contributed by atoms with van der Waals surface area (Å²) in [5.74, 6) is -0.333. The molecule has 1 heterocycles. The highest BCUT2D eigenvalue weighted by atomic mass is 28.3. The van der Waals surface area contributed by atoms with Crippen LogP contribution in [-0.4, -0.2) is 18.0 Å². The Kier molecular flexibility index (Phi) is 2.36. The molecule has 1 aromatic rings. The maximum Gasteiger partial charge on any atom is 0.210 e. The molecule has 0 amide bonds. The third-order valence-electron chi connectivity index (χ3n) is 3.01. The lowest BCUT2D eigenvalue weighted by Crippen LogP contribution is -2.51. The van der Waals surface area contributed by atoms with E-state index in [1.54, 1.807) is 0 Å². The molecule has 13 heavy (non-hydrogen) atoms. The summed E-state index contributed by atoms with van der Waals surface area (Å²) in [5, 5.41) is 0.192. The Bertz CT molecular complexity index is 299. The van der Waals surface area contributed by atoms with Gasteiger partial charge < -0.3 is 4.98 Å². The van der Waals surface area contributed by atoms with E-state index < -0.39 is 8.07 Å². The van der Waals surface area contributed by atoms with E-state index in [4.69, 9.17) is 0 Å². The van der Waals surface area contributed by atoms with Gasteiger partial charge in [-0.1, -0.05) is 33.9 Å². The van der Waals surface area contributed by atoms with Crippen LogP contribution in [0.4, 0.5) is 4.39 Å². The number of nitrogens with one attached hydrogen (secondary N) is 1. The third kappa shape index (κ3) is 1.82. The number of H-pyrrole nitrogens is 1. The average molecular weight is 200 g/mol. The predicted molar refractivity (Wildman–Crippen MR) is 55.4 cm³/mol. The van der Waals surface area contributed by atoms with Gasteiger partial charge in [0.2, 0.25) is 5.95 Å². The number of rotatable bonds is 1. The molecule has 0 saturated carbocycles. The quantitative estimate of drug-likeness (QED) is 0.692. The lowest BCUT2D eigenvalue weighted by Gasteiger charge is -2.34. The fourth-order valence-electron chi connectivity index (χ4n) is 0.972. The van der Waals surface area contributed by atoms with Crippen LogP contribution in [0.2, 0.25) is 18.1 Å². The second kappa shape index (κ2) is 2.94. The molecule has 4 heteroatoms. The zero-order valence-corrected chi connectivity index (χ0v) is 9.90. The zero-order chi connectivity index (χ0) is 10.3. The molecule has 1 aromatic heterocycles. The maximum absolute atomic E-state index is 12.7. The summed E-state index contributed by atoms with van der Waals surface area (Å²) < 4.78 is 12.7. The van der Waals surface area contributed by atoms with Crippen molar-refractivity contribution in [3.8, 4) is 0 Å². The van der Waals surface area contributed by atoms with E-state index in [2.05, 4.69) is 43.8 Å². The summed E-state index contributed by atoms with van der Waals surface area (Å²) in [4.78, 5) is 6.79. The van der Waals surface area contributed by atoms with E-state index in [-0.39, 0.29) is 11.0 Å². The van der Waals surface area contributed by atoms with Gasteiger partial charge in [0.1, 0.15) is 8.07 Å². The standard InChI is InChI=1S/C9H17FN2Si/c1-9(2,3)13(4,5)8-11-6-7(10)12-8/h6H,1-5H3,(H,11,12). The van der Waals surface area contributed by atoms with Gasteiger partial charge in [0.15, 0.2) is 0 Å². The molecule has 74 valence electrons. The van der Waals surface area contributed by atoms with E-state index in [9.17, 15) is 4.39 Å². The summed E-state index contributed by atoms with van der Waals surface area (Å²) in [6.45, 7) is 10.9. The van der Waals surface area contributed by atoms with Crippen LogP contribution < -0.4 is 5.45 Å². The summed E-state index contributed by atoms with van der Waals surface area (Å²) in [6.07, 6.45) is 1.26. The molecule has 0 fully saturated rings. The minimum atomic E-state index is -1.67. The second-order valence-electron chi connectivity index (χ2n) is 4.95. The van der Waals surface area contributed by atoms with Crippen LogP contribution in [0.3, 0.4) is 0 Å². The first-order valence-electron chi connectivity index (χ1n) is 4.46. The van der Waals surface area contributed by atoms with E-state index >= 15 is 0 Å². The smallest absolute Gasteiger partial charge is 0.210 e. The maximum atomic E-state index is 12.7. The van der Waals surface area contributed by atoms with Gasteiger partial charge in [-0.05, 0) is 5.04 Å². The Balaban J connectivity index is 3.07. The van der Waals surface area contributed by atoms with Gasteiger partial charge in [-0.3, -0.25) is 0 Å². The fraction of sp³-hybridized carbons (Fsp3) is 0.667. The molecule has 0 radical (unpaired) electrons. The Morgan fingerprint density at radius 3 is 2.23 bits per heavy atom. The first-order valence-corrected chi connectivity index (χ1v) is 7.46. The van der Waals surface area contributed by atoms with Gasteiger partial charge in [0, 0.05) is 0 Å². The SMILES string of the molecule is CC(C)(C)[Si](C)(C)c1ncc(F)[nH]1. The van der Waals surface area contributed by atoms with Gasteiger partial charge >= 0.3 is 0 Å². The number of aromatic nitrogens is 2. The molecule has 0 saturated heterocycles. The van der Waals surface area contributed by atoms with Crippen molar-refractivity contribution in [2.45, 2.75) is 38.9 Å². The Morgan fingerprint density at radius 1 is 1.38 bits per heavy atom. The van der Waals surface area contributed by atoms with Crippen LogP contribution in [0, 0.1) is 5.95 Å². The molecule has 0 aliphatic carbocycles. The molecule has 0 aromatic carbocycles. The van der Waals surface area contributed by atoms with Gasteiger partial charge in [0.05, 0.1) is 11.6 Å². The Labute approximate surface area is 79.6 Å². The topological polar surface area (TPSA) is 28.7 Å². The van der Waals surface area contributed by atoms with Crippen molar-refractivity contribution in [3.05, 3.63) is 12.1 Å². The fourth-order valence-corrected chi connectivity index (χ4v) is 2.50. The van der Waals surface area contributed by atoms with Crippen molar-refractivity contribution < 1.29 is 4.39 Å². The summed E-state index contributed by atoms with van der Waals surface area (Å²) in [5.41, 5.74) is 0.845. The van der Waals surface area contributed by atoms with Crippen molar-refractivity contribution in [1.29, 1.82) is 0 Å². The Hall–Kier alpha value is -0.643. The number of imidazole rings is 1. The molecule has 1 rings (SSSR count). The lowest BCUT2D eigenvalue weighted by molar-refractivity contribution is 0.592. The van der Waals surface area contributed by atoms with E-state index in [0.29, 0.717) is 0 Å². The normalized spacial score (nSPS) is 13.4. The highest BCUT2D eigenvalue weighted by Gasteiger charge is 2.39. The third-order valence-corrected chi connectivity index (χ3v) is 8.20. The largest absolute Gasteiger partial charge is 0.323 e. The molecule has 0 spiro atoms. The molecule has 1 N–H and O–H groups in total. The van der Waals surface area contributed by atoms with Crippen molar-refractivity contribution in [2.24, 2.45) is 0 Å². The lowest BCUT2D eigenvalue weighted by atomic mass is 10.2. The van der Waals surface area contributed by atoms with E-state index in [1.165, 1.54) is 6.20 Å². The minimum absolute atomic E-state index is 0.192. The van der Waals surface area contributed by atoms with Crippen LogP contribution in [0.1, 0.15) is 20.8 Å². The number of nitrogens with zero attached hydrogens (tertiary/aromatic N) is 1. The van der Waals surface area contributed by atoms with Crippen LogP contribution in [0.5, 0.6) is 0 Å². The van der Waals surface area contributed by atoms with Crippen LogP contribution in [0.15, 0.2) is 6.20 Å². The van der Waals surface area contributed by atoms with Crippen molar-refractivity contribution in [2.75, 3.05) is 0 Å². The van der Waals surface area contributed by atoms with Gasteiger partial charge in [-0.15, -0.1) is 0 Å². The molecule has 0 unspecified atom stereocenters. The monoisotopic (exact) mass is 200 g/mol. The van der Waals surface area contributed by atoms with Crippen LogP contribution >= 0.6 is 0 Å².